The quantitative estimate of drug-likeness (QED) is 0.660. The fraction of sp³-hybridized carbons (Fsp3) is 0.350. The molecule has 0 spiro atoms. The summed E-state index contributed by atoms with van der Waals surface area (Å²) in [6.07, 6.45) is 4.85. The van der Waals surface area contributed by atoms with Gasteiger partial charge in [0.15, 0.2) is 5.16 Å². The highest BCUT2D eigenvalue weighted by molar-refractivity contribution is 7.99. The SMILES string of the molecule is O=C(CSc1nnc(C2CC2)n1C1CC1)Nc1ccc2ccccc2c1. The molecule has 0 aliphatic heterocycles. The maximum absolute atomic E-state index is 12.4. The first-order valence-corrected chi connectivity index (χ1v) is 10.1. The highest BCUT2D eigenvalue weighted by Gasteiger charge is 2.36. The Balaban J connectivity index is 1.26. The second-order valence-electron chi connectivity index (χ2n) is 7.12. The lowest BCUT2D eigenvalue weighted by atomic mass is 10.1. The molecule has 1 N–H and O–H groups in total. The first-order valence-electron chi connectivity index (χ1n) is 9.14. The van der Waals surface area contributed by atoms with E-state index >= 15 is 0 Å². The molecule has 3 aromatic rings. The van der Waals surface area contributed by atoms with Gasteiger partial charge in [0.05, 0.1) is 5.75 Å². The number of hydrogen-bond acceptors (Lipinski definition) is 4. The summed E-state index contributed by atoms with van der Waals surface area (Å²) >= 11 is 1.49. The van der Waals surface area contributed by atoms with Crippen molar-refractivity contribution in [1.82, 2.24) is 14.8 Å². The van der Waals surface area contributed by atoms with E-state index < -0.39 is 0 Å². The van der Waals surface area contributed by atoms with Crippen LogP contribution in [-0.4, -0.2) is 26.4 Å². The van der Waals surface area contributed by atoms with Crippen molar-refractivity contribution in [3.05, 3.63) is 48.3 Å². The summed E-state index contributed by atoms with van der Waals surface area (Å²) in [4.78, 5) is 12.4. The molecule has 0 saturated heterocycles. The molecule has 0 radical (unpaired) electrons. The summed E-state index contributed by atoms with van der Waals surface area (Å²) in [6, 6.07) is 14.7. The Bertz CT molecular complexity index is 975. The van der Waals surface area contributed by atoms with Crippen molar-refractivity contribution in [2.75, 3.05) is 11.1 Å². The van der Waals surface area contributed by atoms with Crippen LogP contribution in [0.25, 0.3) is 10.8 Å². The molecule has 6 heteroatoms. The summed E-state index contributed by atoms with van der Waals surface area (Å²) in [5.41, 5.74) is 0.830. The predicted molar refractivity (Wildman–Crippen MR) is 104 cm³/mol. The molecule has 5 nitrogen and oxygen atoms in total. The number of nitrogens with one attached hydrogen (secondary N) is 1. The number of rotatable bonds is 6. The topological polar surface area (TPSA) is 59.8 Å². The lowest BCUT2D eigenvalue weighted by Crippen LogP contribution is -2.14. The van der Waals surface area contributed by atoms with Crippen LogP contribution in [0.5, 0.6) is 0 Å². The van der Waals surface area contributed by atoms with E-state index in [-0.39, 0.29) is 5.91 Å². The minimum absolute atomic E-state index is 0.0106. The number of carbonyl (C=O) groups excluding carboxylic acids is 1. The van der Waals surface area contributed by atoms with Crippen molar-refractivity contribution in [3.63, 3.8) is 0 Å². The minimum Gasteiger partial charge on any atom is -0.325 e. The number of amides is 1. The predicted octanol–water partition coefficient (Wildman–Crippen LogP) is 4.37. The van der Waals surface area contributed by atoms with Crippen molar-refractivity contribution in [2.24, 2.45) is 0 Å². The first kappa shape index (κ1) is 15.9. The van der Waals surface area contributed by atoms with Gasteiger partial charge in [-0.25, -0.2) is 0 Å². The van der Waals surface area contributed by atoms with E-state index in [9.17, 15) is 4.79 Å². The van der Waals surface area contributed by atoms with Gasteiger partial charge in [-0.15, -0.1) is 10.2 Å². The molecule has 1 amide bonds. The summed E-state index contributed by atoms with van der Waals surface area (Å²) < 4.78 is 2.28. The van der Waals surface area contributed by atoms with Crippen LogP contribution in [0.1, 0.15) is 43.5 Å². The molecule has 26 heavy (non-hydrogen) atoms. The first-order chi connectivity index (χ1) is 12.8. The van der Waals surface area contributed by atoms with Crippen LogP contribution in [0.4, 0.5) is 5.69 Å². The Morgan fingerprint density at radius 3 is 2.65 bits per heavy atom. The maximum atomic E-state index is 12.4. The Morgan fingerprint density at radius 2 is 1.88 bits per heavy atom. The van der Waals surface area contributed by atoms with Crippen LogP contribution in [0.2, 0.25) is 0 Å². The number of nitrogens with zero attached hydrogens (tertiary/aromatic N) is 3. The Labute approximate surface area is 156 Å². The lowest BCUT2D eigenvalue weighted by molar-refractivity contribution is -0.113. The molecule has 2 aromatic carbocycles. The number of benzene rings is 2. The minimum atomic E-state index is -0.0106. The second kappa shape index (κ2) is 6.43. The summed E-state index contributed by atoms with van der Waals surface area (Å²) in [6.45, 7) is 0. The third kappa shape index (κ3) is 3.21. The Kier molecular flexibility index (Phi) is 3.93. The number of aromatic nitrogens is 3. The largest absolute Gasteiger partial charge is 0.325 e. The zero-order valence-corrected chi connectivity index (χ0v) is 15.2. The third-order valence-corrected chi connectivity index (χ3v) is 5.85. The number of fused-ring (bicyclic) bond motifs is 1. The van der Waals surface area contributed by atoms with Gasteiger partial charge in [-0.05, 0) is 48.6 Å². The molecule has 132 valence electrons. The molecule has 2 fully saturated rings. The molecule has 2 aliphatic carbocycles. The summed E-state index contributed by atoms with van der Waals surface area (Å²) in [5, 5.41) is 14.9. The number of anilines is 1. The van der Waals surface area contributed by atoms with Gasteiger partial charge in [-0.1, -0.05) is 42.1 Å². The van der Waals surface area contributed by atoms with E-state index in [0.717, 1.165) is 22.1 Å². The zero-order valence-electron chi connectivity index (χ0n) is 14.4. The van der Waals surface area contributed by atoms with E-state index in [4.69, 9.17) is 0 Å². The van der Waals surface area contributed by atoms with Gasteiger partial charge < -0.3 is 9.88 Å². The van der Waals surface area contributed by atoms with Crippen LogP contribution in [0.15, 0.2) is 47.6 Å². The van der Waals surface area contributed by atoms with Crippen LogP contribution in [0, 0.1) is 0 Å². The van der Waals surface area contributed by atoms with Crippen molar-refractivity contribution in [3.8, 4) is 0 Å². The van der Waals surface area contributed by atoms with Crippen molar-refractivity contribution < 1.29 is 4.79 Å². The van der Waals surface area contributed by atoms with Crippen molar-refractivity contribution >= 4 is 34.1 Å². The van der Waals surface area contributed by atoms with Crippen molar-refractivity contribution in [2.45, 2.75) is 42.8 Å². The van der Waals surface area contributed by atoms with Gasteiger partial charge in [0.2, 0.25) is 5.91 Å². The molecule has 0 bridgehead atoms. The maximum Gasteiger partial charge on any atom is 0.234 e. The van der Waals surface area contributed by atoms with Gasteiger partial charge in [-0.2, -0.15) is 0 Å². The Hall–Kier alpha value is -2.34. The third-order valence-electron chi connectivity index (χ3n) is 4.91. The number of thioether (sulfide) groups is 1. The molecule has 2 aliphatic rings. The second-order valence-corrected chi connectivity index (χ2v) is 8.06. The van der Waals surface area contributed by atoms with E-state index in [1.807, 2.05) is 30.3 Å². The monoisotopic (exact) mass is 364 g/mol. The standard InChI is InChI=1S/C20H20N4OS/c25-18(21-16-8-7-13-3-1-2-4-15(13)11-16)12-26-20-23-22-19(14-5-6-14)24(20)17-9-10-17/h1-4,7-8,11,14,17H,5-6,9-10,12H2,(H,21,25). The van der Waals surface area contributed by atoms with Crippen molar-refractivity contribution in [1.29, 1.82) is 0 Å². The molecular weight excluding hydrogens is 344 g/mol. The van der Waals surface area contributed by atoms with E-state index in [1.165, 1.54) is 42.8 Å². The van der Waals surface area contributed by atoms with Gasteiger partial charge in [0.25, 0.3) is 0 Å². The summed E-state index contributed by atoms with van der Waals surface area (Å²) in [7, 11) is 0. The zero-order chi connectivity index (χ0) is 17.5. The molecule has 0 atom stereocenters. The smallest absolute Gasteiger partial charge is 0.234 e. The Morgan fingerprint density at radius 1 is 1.08 bits per heavy atom. The summed E-state index contributed by atoms with van der Waals surface area (Å²) in [5.74, 6) is 2.06. The van der Waals surface area contributed by atoms with Crippen LogP contribution < -0.4 is 5.32 Å². The number of carbonyl (C=O) groups is 1. The van der Waals surface area contributed by atoms with Crippen LogP contribution >= 0.6 is 11.8 Å². The van der Waals surface area contributed by atoms with Crippen LogP contribution in [-0.2, 0) is 4.79 Å². The molecule has 2 saturated carbocycles. The van der Waals surface area contributed by atoms with Gasteiger partial charge in [0.1, 0.15) is 5.82 Å². The van der Waals surface area contributed by atoms with Gasteiger partial charge in [-0.3, -0.25) is 4.79 Å². The average molecular weight is 364 g/mol. The number of hydrogen-bond donors (Lipinski definition) is 1. The molecular formula is C20H20N4OS. The molecule has 0 unspecified atom stereocenters. The molecule has 5 rings (SSSR count). The normalized spacial score (nSPS) is 16.8. The molecule has 1 heterocycles. The van der Waals surface area contributed by atoms with E-state index in [1.54, 1.807) is 0 Å². The molecule has 1 aromatic heterocycles. The average Bonchev–Trinajstić information content (AvgIpc) is 3.58. The lowest BCUT2D eigenvalue weighted by Gasteiger charge is -2.09. The fourth-order valence-electron chi connectivity index (χ4n) is 3.28. The highest BCUT2D eigenvalue weighted by atomic mass is 32.2. The van der Waals surface area contributed by atoms with Crippen LogP contribution in [0.3, 0.4) is 0 Å². The van der Waals surface area contributed by atoms with Gasteiger partial charge in [0, 0.05) is 17.6 Å². The van der Waals surface area contributed by atoms with Gasteiger partial charge >= 0.3 is 0 Å². The van der Waals surface area contributed by atoms with E-state index in [2.05, 4.69) is 32.2 Å². The fourth-order valence-corrected chi connectivity index (χ4v) is 4.09. The van der Waals surface area contributed by atoms with E-state index in [0.29, 0.717) is 17.7 Å². The highest BCUT2D eigenvalue weighted by Crippen LogP contribution is 2.45.